The van der Waals surface area contributed by atoms with Gasteiger partial charge in [-0.15, -0.1) is 0 Å². The maximum absolute atomic E-state index is 12.2. The van der Waals surface area contributed by atoms with Crippen molar-refractivity contribution < 1.29 is 9.59 Å². The molecule has 130 valence electrons. The molecule has 2 aromatic rings. The zero-order valence-electron chi connectivity index (χ0n) is 14.4. The number of rotatable bonds is 4. The highest BCUT2D eigenvalue weighted by Crippen LogP contribution is 2.21. The van der Waals surface area contributed by atoms with Crippen LogP contribution >= 0.6 is 0 Å². The minimum absolute atomic E-state index is 0.148. The minimum Gasteiger partial charge on any atom is -0.369 e. The number of hydrogen-bond acceptors (Lipinski definition) is 2. The third-order valence-electron chi connectivity index (χ3n) is 4.60. The predicted molar refractivity (Wildman–Crippen MR) is 97.7 cm³/mol. The first kappa shape index (κ1) is 17.0. The molecule has 0 aromatic heterocycles. The molecule has 25 heavy (non-hydrogen) atoms. The summed E-state index contributed by atoms with van der Waals surface area (Å²) in [7, 11) is 0. The van der Waals surface area contributed by atoms with Crippen molar-refractivity contribution in [1.29, 1.82) is 0 Å². The van der Waals surface area contributed by atoms with E-state index in [1.165, 1.54) is 5.56 Å². The van der Waals surface area contributed by atoms with Gasteiger partial charge in [0, 0.05) is 19.6 Å². The quantitative estimate of drug-likeness (QED) is 0.900. The van der Waals surface area contributed by atoms with E-state index in [0.717, 1.165) is 16.7 Å². The number of hydrogen-bond donors (Lipinski definition) is 2. The Bertz CT molecular complexity index is 788. The van der Waals surface area contributed by atoms with Gasteiger partial charge >= 0.3 is 6.03 Å². The van der Waals surface area contributed by atoms with Crippen LogP contribution in [0.1, 0.15) is 17.5 Å². The molecule has 5 heteroatoms. The van der Waals surface area contributed by atoms with E-state index in [1.807, 2.05) is 18.2 Å². The van der Waals surface area contributed by atoms with Crippen molar-refractivity contribution in [1.82, 2.24) is 10.2 Å². The van der Waals surface area contributed by atoms with Crippen LogP contribution in [0.25, 0.3) is 11.1 Å². The van der Waals surface area contributed by atoms with E-state index >= 15 is 0 Å². The van der Waals surface area contributed by atoms with Gasteiger partial charge in [-0.2, -0.15) is 0 Å². The molecule has 2 aromatic carbocycles. The molecule has 0 aliphatic carbocycles. The van der Waals surface area contributed by atoms with Crippen LogP contribution in [0.3, 0.4) is 0 Å². The Morgan fingerprint density at radius 1 is 1.16 bits per heavy atom. The van der Waals surface area contributed by atoms with Crippen LogP contribution in [0, 0.1) is 12.8 Å². The third-order valence-corrected chi connectivity index (χ3v) is 4.60. The number of nitrogens with two attached hydrogens (primary N) is 1. The molecule has 0 spiro atoms. The van der Waals surface area contributed by atoms with Crippen molar-refractivity contribution in [2.75, 3.05) is 13.1 Å². The Morgan fingerprint density at radius 3 is 2.56 bits per heavy atom. The second-order valence-electron chi connectivity index (χ2n) is 6.56. The lowest BCUT2D eigenvalue weighted by Gasteiger charge is -2.17. The fourth-order valence-electron chi connectivity index (χ4n) is 3.15. The second kappa shape index (κ2) is 7.38. The van der Waals surface area contributed by atoms with Gasteiger partial charge in [0.2, 0.25) is 5.91 Å². The topological polar surface area (TPSA) is 75.4 Å². The van der Waals surface area contributed by atoms with Crippen molar-refractivity contribution in [3.63, 3.8) is 0 Å². The van der Waals surface area contributed by atoms with E-state index in [0.29, 0.717) is 26.1 Å². The van der Waals surface area contributed by atoms with Gasteiger partial charge in [0.05, 0.1) is 5.92 Å². The Kier molecular flexibility index (Phi) is 5.03. The maximum atomic E-state index is 12.2. The van der Waals surface area contributed by atoms with Gasteiger partial charge in [0.1, 0.15) is 0 Å². The van der Waals surface area contributed by atoms with Crippen LogP contribution in [-0.4, -0.2) is 29.9 Å². The summed E-state index contributed by atoms with van der Waals surface area (Å²) in [6, 6.07) is 16.3. The molecule has 1 aliphatic rings. The molecule has 0 unspecified atom stereocenters. The Labute approximate surface area is 147 Å². The van der Waals surface area contributed by atoms with Crippen LogP contribution < -0.4 is 11.1 Å². The van der Waals surface area contributed by atoms with Gasteiger partial charge in [-0.3, -0.25) is 4.79 Å². The van der Waals surface area contributed by atoms with Crippen molar-refractivity contribution in [2.45, 2.75) is 19.9 Å². The summed E-state index contributed by atoms with van der Waals surface area (Å²) in [5.74, 6) is -0.559. The summed E-state index contributed by atoms with van der Waals surface area (Å²) in [5.41, 5.74) is 9.86. The fourth-order valence-corrected chi connectivity index (χ4v) is 3.15. The minimum atomic E-state index is -0.332. The van der Waals surface area contributed by atoms with Crippen LogP contribution in [0.15, 0.2) is 48.5 Å². The fraction of sp³-hybridized carbons (Fsp3) is 0.300. The number of nitrogens with zero attached hydrogens (tertiary/aromatic N) is 1. The van der Waals surface area contributed by atoms with Gasteiger partial charge in [0.25, 0.3) is 0 Å². The first-order chi connectivity index (χ1) is 12.0. The van der Waals surface area contributed by atoms with Crippen LogP contribution in [0.4, 0.5) is 4.79 Å². The SMILES string of the molecule is Cc1cccc(-c2cccc(CNC(=O)N3CC[C@@H](C(N)=O)C3)c2)c1. The summed E-state index contributed by atoms with van der Waals surface area (Å²) in [6.45, 7) is 3.51. The summed E-state index contributed by atoms with van der Waals surface area (Å²) >= 11 is 0. The van der Waals surface area contributed by atoms with Gasteiger partial charge in [-0.1, -0.05) is 48.0 Å². The Hall–Kier alpha value is -2.82. The van der Waals surface area contributed by atoms with Crippen molar-refractivity contribution in [3.05, 3.63) is 59.7 Å². The number of amides is 3. The molecule has 3 amide bonds. The molecule has 5 nitrogen and oxygen atoms in total. The number of urea groups is 1. The molecule has 1 saturated heterocycles. The monoisotopic (exact) mass is 337 g/mol. The molecule has 1 aliphatic heterocycles. The second-order valence-corrected chi connectivity index (χ2v) is 6.56. The van der Waals surface area contributed by atoms with E-state index in [-0.39, 0.29) is 17.9 Å². The molecular formula is C20H23N3O2. The van der Waals surface area contributed by atoms with Crippen LogP contribution in [0.5, 0.6) is 0 Å². The van der Waals surface area contributed by atoms with Gasteiger partial charge in [-0.25, -0.2) is 4.79 Å². The summed E-state index contributed by atoms with van der Waals surface area (Å²) in [4.78, 5) is 25.1. The summed E-state index contributed by atoms with van der Waals surface area (Å²) < 4.78 is 0. The number of carbonyl (C=O) groups excluding carboxylic acids is 2. The third kappa shape index (κ3) is 4.18. The summed E-state index contributed by atoms with van der Waals surface area (Å²) in [5, 5.41) is 2.93. The van der Waals surface area contributed by atoms with E-state index in [9.17, 15) is 9.59 Å². The maximum Gasteiger partial charge on any atom is 0.317 e. The van der Waals surface area contributed by atoms with Crippen molar-refractivity contribution in [2.24, 2.45) is 11.7 Å². The van der Waals surface area contributed by atoms with Crippen LogP contribution in [-0.2, 0) is 11.3 Å². The number of aryl methyl sites for hydroxylation is 1. The highest BCUT2D eigenvalue weighted by Gasteiger charge is 2.29. The van der Waals surface area contributed by atoms with E-state index in [4.69, 9.17) is 5.73 Å². The van der Waals surface area contributed by atoms with Crippen molar-refractivity contribution in [3.8, 4) is 11.1 Å². The standard InChI is InChI=1S/C20H23N3O2/c1-14-4-2-6-16(10-14)17-7-3-5-15(11-17)12-22-20(25)23-9-8-18(13-23)19(21)24/h2-7,10-11,18H,8-9,12-13H2,1H3,(H2,21,24)(H,22,25)/t18-/m1/s1. The van der Waals surface area contributed by atoms with Gasteiger partial charge in [0.15, 0.2) is 0 Å². The predicted octanol–water partition coefficient (Wildman–Crippen LogP) is 2.68. The largest absolute Gasteiger partial charge is 0.369 e. The average molecular weight is 337 g/mol. The highest BCUT2D eigenvalue weighted by atomic mass is 16.2. The smallest absolute Gasteiger partial charge is 0.317 e. The highest BCUT2D eigenvalue weighted by molar-refractivity contribution is 5.80. The average Bonchev–Trinajstić information content (AvgIpc) is 3.10. The summed E-state index contributed by atoms with van der Waals surface area (Å²) in [6.07, 6.45) is 0.644. The van der Waals surface area contributed by atoms with E-state index < -0.39 is 0 Å². The Balaban J connectivity index is 1.61. The van der Waals surface area contributed by atoms with Gasteiger partial charge in [-0.05, 0) is 36.1 Å². The Morgan fingerprint density at radius 2 is 1.88 bits per heavy atom. The van der Waals surface area contributed by atoms with Crippen molar-refractivity contribution >= 4 is 11.9 Å². The number of benzene rings is 2. The molecule has 0 bridgehead atoms. The first-order valence-corrected chi connectivity index (χ1v) is 8.51. The van der Waals surface area contributed by atoms with Gasteiger partial charge < -0.3 is 16.0 Å². The first-order valence-electron chi connectivity index (χ1n) is 8.51. The molecule has 0 saturated carbocycles. The zero-order chi connectivity index (χ0) is 17.8. The number of carbonyl (C=O) groups is 2. The molecular weight excluding hydrogens is 314 g/mol. The molecule has 1 atom stereocenters. The molecule has 1 heterocycles. The van der Waals surface area contributed by atoms with E-state index in [2.05, 4.69) is 42.6 Å². The lowest BCUT2D eigenvalue weighted by molar-refractivity contribution is -0.121. The molecule has 3 N–H and O–H groups in total. The molecule has 0 radical (unpaired) electrons. The van der Waals surface area contributed by atoms with E-state index in [1.54, 1.807) is 4.90 Å². The normalized spacial score (nSPS) is 16.7. The lowest BCUT2D eigenvalue weighted by atomic mass is 10.0. The molecule has 3 rings (SSSR count). The number of primary amides is 1. The lowest BCUT2D eigenvalue weighted by Crippen LogP contribution is -2.39. The van der Waals surface area contributed by atoms with Crippen LogP contribution in [0.2, 0.25) is 0 Å². The number of likely N-dealkylation sites (tertiary alicyclic amines) is 1. The zero-order valence-corrected chi connectivity index (χ0v) is 14.4. The molecule has 1 fully saturated rings. The number of nitrogens with one attached hydrogen (secondary N) is 1.